The molecule has 1 fully saturated rings. The minimum Gasteiger partial charge on any atom is -0.454 e. The van der Waals surface area contributed by atoms with E-state index in [0.29, 0.717) is 37.5 Å². The molecule has 0 atom stereocenters. The number of nitrogens with zero attached hydrogens (tertiary/aromatic N) is 4. The normalized spacial score (nSPS) is 15.4. The first kappa shape index (κ1) is 18.4. The van der Waals surface area contributed by atoms with Crippen molar-refractivity contribution in [2.45, 2.75) is 0 Å². The van der Waals surface area contributed by atoms with E-state index in [-0.39, 0.29) is 18.5 Å². The molecule has 0 radical (unpaired) electrons. The maximum Gasteiger partial charge on any atom is 0.253 e. The van der Waals surface area contributed by atoms with E-state index in [4.69, 9.17) is 9.47 Å². The van der Waals surface area contributed by atoms with E-state index in [1.54, 1.807) is 4.90 Å². The van der Waals surface area contributed by atoms with Crippen LogP contribution in [0, 0.1) is 5.82 Å². The number of hydrogen-bond donors (Lipinski definition) is 0. The van der Waals surface area contributed by atoms with Crippen molar-refractivity contribution in [3.8, 4) is 22.8 Å². The summed E-state index contributed by atoms with van der Waals surface area (Å²) in [5.74, 6) is 1.78. The summed E-state index contributed by atoms with van der Waals surface area (Å²) in [6, 6.07) is 15.2. The number of hydrogen-bond acceptors (Lipinski definition) is 6. The molecule has 1 aromatic heterocycles. The maximum absolute atomic E-state index is 13.1. The van der Waals surface area contributed by atoms with E-state index in [2.05, 4.69) is 15.1 Å². The van der Waals surface area contributed by atoms with Crippen molar-refractivity contribution in [2.75, 3.05) is 37.9 Å². The number of halogens is 1. The summed E-state index contributed by atoms with van der Waals surface area (Å²) >= 11 is 0. The summed E-state index contributed by atoms with van der Waals surface area (Å²) in [7, 11) is 0. The van der Waals surface area contributed by atoms with Crippen LogP contribution in [0.25, 0.3) is 11.3 Å². The lowest BCUT2D eigenvalue weighted by Gasteiger charge is -2.35. The van der Waals surface area contributed by atoms with Gasteiger partial charge in [-0.1, -0.05) is 0 Å². The molecule has 0 bridgehead atoms. The number of ether oxygens (including phenoxy) is 2. The van der Waals surface area contributed by atoms with Crippen molar-refractivity contribution in [3.63, 3.8) is 0 Å². The standard InChI is InChI=1S/C22H19FN4O3/c23-17-4-1-15(2-5-17)22(28)27-11-9-26(10-12-27)21-8-6-18(24-25-21)16-3-7-19-20(13-16)30-14-29-19/h1-8,13H,9-12,14H2. The number of fused-ring (bicyclic) bond motifs is 1. The fourth-order valence-corrected chi connectivity index (χ4v) is 3.62. The Hall–Kier alpha value is -3.68. The van der Waals surface area contributed by atoms with Crippen LogP contribution in [0.15, 0.2) is 54.6 Å². The molecule has 7 nitrogen and oxygen atoms in total. The lowest BCUT2D eigenvalue weighted by Crippen LogP contribution is -2.49. The molecule has 152 valence electrons. The minimum absolute atomic E-state index is 0.0844. The molecule has 0 saturated carbocycles. The Kier molecular flexibility index (Phi) is 4.66. The van der Waals surface area contributed by atoms with Crippen molar-refractivity contribution in [1.82, 2.24) is 15.1 Å². The van der Waals surface area contributed by atoms with Gasteiger partial charge in [0, 0.05) is 37.3 Å². The van der Waals surface area contributed by atoms with Crippen LogP contribution in [0.1, 0.15) is 10.4 Å². The third kappa shape index (κ3) is 3.52. The highest BCUT2D eigenvalue weighted by atomic mass is 19.1. The second-order valence-electron chi connectivity index (χ2n) is 7.13. The number of rotatable bonds is 3. The van der Waals surface area contributed by atoms with Crippen molar-refractivity contribution in [3.05, 3.63) is 66.0 Å². The molecule has 0 aliphatic carbocycles. The van der Waals surface area contributed by atoms with Crippen molar-refractivity contribution < 1.29 is 18.7 Å². The smallest absolute Gasteiger partial charge is 0.253 e. The Balaban J connectivity index is 1.23. The van der Waals surface area contributed by atoms with Gasteiger partial charge in [-0.05, 0) is 54.6 Å². The van der Waals surface area contributed by atoms with E-state index in [9.17, 15) is 9.18 Å². The number of amides is 1. The minimum atomic E-state index is -0.348. The molecule has 1 saturated heterocycles. The van der Waals surface area contributed by atoms with Gasteiger partial charge in [0.05, 0.1) is 5.69 Å². The number of carbonyl (C=O) groups excluding carboxylic acids is 1. The summed E-state index contributed by atoms with van der Waals surface area (Å²) in [4.78, 5) is 16.5. The fourth-order valence-electron chi connectivity index (χ4n) is 3.62. The average molecular weight is 406 g/mol. The topological polar surface area (TPSA) is 67.8 Å². The third-order valence-electron chi connectivity index (χ3n) is 5.30. The van der Waals surface area contributed by atoms with Gasteiger partial charge in [0.15, 0.2) is 17.3 Å². The van der Waals surface area contributed by atoms with Crippen LogP contribution in [0.5, 0.6) is 11.5 Å². The molecule has 2 aromatic carbocycles. The van der Waals surface area contributed by atoms with E-state index in [1.165, 1.54) is 24.3 Å². The molecule has 5 rings (SSSR count). The highest BCUT2D eigenvalue weighted by Gasteiger charge is 2.23. The van der Waals surface area contributed by atoms with Gasteiger partial charge in [-0.3, -0.25) is 4.79 Å². The first-order valence-corrected chi connectivity index (χ1v) is 9.71. The zero-order valence-corrected chi connectivity index (χ0v) is 16.1. The zero-order valence-electron chi connectivity index (χ0n) is 16.1. The maximum atomic E-state index is 13.1. The quantitative estimate of drug-likeness (QED) is 0.666. The Labute approximate surface area is 172 Å². The first-order valence-electron chi connectivity index (χ1n) is 9.71. The van der Waals surface area contributed by atoms with Crippen LogP contribution >= 0.6 is 0 Å². The van der Waals surface area contributed by atoms with Crippen molar-refractivity contribution >= 4 is 11.7 Å². The van der Waals surface area contributed by atoms with E-state index < -0.39 is 0 Å². The Morgan fingerprint density at radius 1 is 0.867 bits per heavy atom. The molecule has 3 heterocycles. The van der Waals surface area contributed by atoms with Crippen LogP contribution in [0.4, 0.5) is 10.2 Å². The van der Waals surface area contributed by atoms with Crippen LogP contribution < -0.4 is 14.4 Å². The molecule has 0 spiro atoms. The van der Waals surface area contributed by atoms with Crippen LogP contribution in [-0.2, 0) is 0 Å². The number of aromatic nitrogens is 2. The van der Waals surface area contributed by atoms with Gasteiger partial charge in [-0.25, -0.2) is 4.39 Å². The second-order valence-corrected chi connectivity index (χ2v) is 7.13. The van der Waals surface area contributed by atoms with Gasteiger partial charge in [-0.2, -0.15) is 0 Å². The lowest BCUT2D eigenvalue weighted by molar-refractivity contribution is 0.0746. The monoisotopic (exact) mass is 406 g/mol. The predicted molar refractivity (Wildman–Crippen MR) is 108 cm³/mol. The molecule has 8 heteroatoms. The molecule has 0 N–H and O–H groups in total. The van der Waals surface area contributed by atoms with Gasteiger partial charge >= 0.3 is 0 Å². The van der Waals surface area contributed by atoms with Gasteiger partial charge < -0.3 is 19.3 Å². The fraction of sp³-hybridized carbons (Fsp3) is 0.227. The zero-order chi connectivity index (χ0) is 20.5. The summed E-state index contributed by atoms with van der Waals surface area (Å²) in [6.07, 6.45) is 0. The van der Waals surface area contributed by atoms with Gasteiger partial charge in [0.2, 0.25) is 6.79 Å². The molecule has 0 unspecified atom stereocenters. The number of benzene rings is 2. The second kappa shape index (κ2) is 7.62. The SMILES string of the molecule is O=C(c1ccc(F)cc1)N1CCN(c2ccc(-c3ccc4c(c3)OCO4)nn2)CC1. The first-order chi connectivity index (χ1) is 14.7. The molecule has 3 aromatic rings. The summed E-state index contributed by atoms with van der Waals surface area (Å²) in [6.45, 7) is 2.69. The average Bonchev–Trinajstić information content (AvgIpc) is 3.27. The molecular formula is C22H19FN4O3. The van der Waals surface area contributed by atoms with E-state index >= 15 is 0 Å². The molecule has 2 aliphatic heterocycles. The number of anilines is 1. The Morgan fingerprint density at radius 3 is 2.37 bits per heavy atom. The van der Waals surface area contributed by atoms with Crippen LogP contribution in [0.3, 0.4) is 0 Å². The highest BCUT2D eigenvalue weighted by Crippen LogP contribution is 2.35. The Morgan fingerprint density at radius 2 is 1.63 bits per heavy atom. The number of piperazine rings is 1. The summed E-state index contributed by atoms with van der Waals surface area (Å²) in [5.41, 5.74) is 2.16. The van der Waals surface area contributed by atoms with Crippen LogP contribution in [-0.4, -0.2) is 54.0 Å². The largest absolute Gasteiger partial charge is 0.454 e. The van der Waals surface area contributed by atoms with Gasteiger partial charge in [0.25, 0.3) is 5.91 Å². The summed E-state index contributed by atoms with van der Waals surface area (Å²) in [5, 5.41) is 8.72. The molecule has 2 aliphatic rings. The third-order valence-corrected chi connectivity index (χ3v) is 5.30. The van der Waals surface area contributed by atoms with Crippen molar-refractivity contribution in [1.29, 1.82) is 0 Å². The lowest BCUT2D eigenvalue weighted by atomic mass is 10.1. The van der Waals surface area contributed by atoms with E-state index in [0.717, 1.165) is 22.8 Å². The predicted octanol–water partition coefficient (Wildman–Crippen LogP) is 2.97. The number of carbonyl (C=O) groups is 1. The molecular weight excluding hydrogens is 387 g/mol. The molecule has 1 amide bonds. The van der Waals surface area contributed by atoms with Crippen LogP contribution in [0.2, 0.25) is 0 Å². The molecule has 30 heavy (non-hydrogen) atoms. The van der Waals surface area contributed by atoms with Crippen molar-refractivity contribution in [2.24, 2.45) is 0 Å². The van der Waals surface area contributed by atoms with E-state index in [1.807, 2.05) is 30.3 Å². The van der Waals surface area contributed by atoms with Gasteiger partial charge in [-0.15, -0.1) is 10.2 Å². The Bertz CT molecular complexity index is 1060. The summed E-state index contributed by atoms with van der Waals surface area (Å²) < 4.78 is 23.8. The van der Waals surface area contributed by atoms with Gasteiger partial charge in [0.1, 0.15) is 5.82 Å². The highest BCUT2D eigenvalue weighted by molar-refractivity contribution is 5.94.